The summed E-state index contributed by atoms with van der Waals surface area (Å²) in [6.07, 6.45) is 2.48. The van der Waals surface area contributed by atoms with Gasteiger partial charge in [0.15, 0.2) is 0 Å². The van der Waals surface area contributed by atoms with Gasteiger partial charge in [-0.15, -0.1) is 0 Å². The Labute approximate surface area is 101 Å². The highest BCUT2D eigenvalue weighted by atomic mass is 16.2. The van der Waals surface area contributed by atoms with Crippen LogP contribution in [-0.4, -0.2) is 48.9 Å². The van der Waals surface area contributed by atoms with Gasteiger partial charge in [0.2, 0.25) is 5.91 Å². The molecule has 2 amide bonds. The van der Waals surface area contributed by atoms with E-state index in [2.05, 4.69) is 21.1 Å². The minimum Gasteiger partial charge on any atom is -0.312 e. The molecule has 2 fully saturated rings. The van der Waals surface area contributed by atoms with Gasteiger partial charge in [-0.25, -0.2) is 0 Å². The molecule has 0 radical (unpaired) electrons. The zero-order valence-corrected chi connectivity index (χ0v) is 10.2. The molecule has 0 aromatic carbocycles. The van der Waals surface area contributed by atoms with E-state index in [1.807, 2.05) is 0 Å². The Kier molecular flexibility index (Phi) is 3.96. The molecule has 0 spiro atoms. The largest absolute Gasteiger partial charge is 0.312 e. The number of hydrazine groups is 1. The lowest BCUT2D eigenvalue weighted by Crippen LogP contribution is -2.45. The summed E-state index contributed by atoms with van der Waals surface area (Å²) in [5.41, 5.74) is 4.69. The van der Waals surface area contributed by atoms with Gasteiger partial charge in [-0.2, -0.15) is 0 Å². The summed E-state index contributed by atoms with van der Waals surface area (Å²) in [5, 5.41) is 3.49. The summed E-state index contributed by atoms with van der Waals surface area (Å²) in [7, 11) is 0. The molecule has 3 N–H and O–H groups in total. The van der Waals surface area contributed by atoms with Gasteiger partial charge in [-0.05, 0) is 25.3 Å². The minimum atomic E-state index is -0.255. The third kappa shape index (κ3) is 3.41. The van der Waals surface area contributed by atoms with Gasteiger partial charge in [0.05, 0.1) is 6.54 Å². The van der Waals surface area contributed by atoms with Crippen molar-refractivity contribution in [2.75, 3.05) is 26.2 Å². The van der Waals surface area contributed by atoms with Gasteiger partial charge in [-0.3, -0.25) is 25.3 Å². The molecule has 96 valence electrons. The second kappa shape index (κ2) is 5.46. The van der Waals surface area contributed by atoms with Crippen LogP contribution in [0.25, 0.3) is 0 Å². The Morgan fingerprint density at radius 3 is 2.88 bits per heavy atom. The van der Waals surface area contributed by atoms with Crippen LogP contribution in [0, 0.1) is 5.92 Å². The van der Waals surface area contributed by atoms with E-state index in [-0.39, 0.29) is 11.8 Å². The molecule has 2 aliphatic rings. The molecule has 2 unspecified atom stereocenters. The first-order valence-corrected chi connectivity index (χ1v) is 6.16. The molecule has 2 saturated heterocycles. The first kappa shape index (κ1) is 12.3. The first-order valence-electron chi connectivity index (χ1n) is 6.16. The van der Waals surface area contributed by atoms with E-state index in [4.69, 9.17) is 0 Å². The molecule has 6 nitrogen and oxygen atoms in total. The van der Waals surface area contributed by atoms with E-state index in [1.165, 1.54) is 19.8 Å². The van der Waals surface area contributed by atoms with Gasteiger partial charge >= 0.3 is 0 Å². The van der Waals surface area contributed by atoms with Crippen LogP contribution >= 0.6 is 0 Å². The van der Waals surface area contributed by atoms with Crippen molar-refractivity contribution in [1.82, 2.24) is 21.1 Å². The van der Waals surface area contributed by atoms with E-state index < -0.39 is 0 Å². The third-order valence-corrected chi connectivity index (χ3v) is 3.42. The van der Waals surface area contributed by atoms with E-state index in [1.54, 1.807) is 0 Å². The van der Waals surface area contributed by atoms with Crippen LogP contribution < -0.4 is 16.2 Å². The standard InChI is InChI=1S/C11H20N4O2/c1-8(16)13-14-11(17)7-15-5-9-3-2-4-12-10(9)6-15/h9-10,12H,2-7H2,1H3,(H,13,16)(H,14,17). The van der Waals surface area contributed by atoms with Gasteiger partial charge < -0.3 is 5.32 Å². The molecule has 0 aromatic rings. The number of rotatable bonds is 2. The minimum absolute atomic E-state index is 0.154. The Morgan fingerprint density at radius 1 is 1.35 bits per heavy atom. The molecule has 2 heterocycles. The summed E-state index contributed by atoms with van der Waals surface area (Å²) in [6, 6.07) is 0.539. The summed E-state index contributed by atoms with van der Waals surface area (Å²) >= 11 is 0. The first-order chi connectivity index (χ1) is 8.15. The second-order valence-electron chi connectivity index (χ2n) is 4.89. The number of carbonyl (C=O) groups excluding carboxylic acids is 2. The number of carbonyl (C=O) groups is 2. The summed E-state index contributed by atoms with van der Waals surface area (Å²) in [6.45, 7) is 4.72. The average Bonchev–Trinajstić information content (AvgIpc) is 2.68. The highest BCUT2D eigenvalue weighted by Gasteiger charge is 2.34. The zero-order chi connectivity index (χ0) is 12.3. The molecule has 0 aromatic heterocycles. The molecular formula is C11H20N4O2. The maximum absolute atomic E-state index is 11.5. The lowest BCUT2D eigenvalue weighted by molar-refractivity contribution is -0.128. The van der Waals surface area contributed by atoms with Gasteiger partial charge in [-0.1, -0.05) is 0 Å². The zero-order valence-electron chi connectivity index (χ0n) is 10.2. The maximum atomic E-state index is 11.5. The smallest absolute Gasteiger partial charge is 0.252 e. The Bertz CT molecular complexity index is 294. The summed E-state index contributed by atoms with van der Waals surface area (Å²) in [5.74, 6) is 0.270. The number of fused-ring (bicyclic) bond motifs is 1. The fraction of sp³-hybridized carbons (Fsp3) is 0.818. The monoisotopic (exact) mass is 240 g/mol. The van der Waals surface area contributed by atoms with Crippen LogP contribution in [0.4, 0.5) is 0 Å². The number of hydrogen-bond acceptors (Lipinski definition) is 4. The Morgan fingerprint density at radius 2 is 2.18 bits per heavy atom. The van der Waals surface area contributed by atoms with Crippen LogP contribution in [0.15, 0.2) is 0 Å². The molecule has 0 aliphatic carbocycles. The van der Waals surface area contributed by atoms with Crippen molar-refractivity contribution in [3.05, 3.63) is 0 Å². The third-order valence-electron chi connectivity index (χ3n) is 3.42. The summed E-state index contributed by atoms with van der Waals surface area (Å²) in [4.78, 5) is 24.3. The number of amides is 2. The highest BCUT2D eigenvalue weighted by Crippen LogP contribution is 2.24. The lowest BCUT2D eigenvalue weighted by Gasteiger charge is -2.24. The fourth-order valence-corrected chi connectivity index (χ4v) is 2.67. The Hall–Kier alpha value is -1.14. The van der Waals surface area contributed by atoms with Gasteiger partial charge in [0, 0.05) is 26.1 Å². The molecule has 17 heavy (non-hydrogen) atoms. The van der Waals surface area contributed by atoms with Crippen molar-refractivity contribution in [3.63, 3.8) is 0 Å². The lowest BCUT2D eigenvalue weighted by atomic mass is 9.94. The van der Waals surface area contributed by atoms with Gasteiger partial charge in [0.25, 0.3) is 5.91 Å². The molecule has 0 saturated carbocycles. The van der Waals surface area contributed by atoms with E-state index >= 15 is 0 Å². The topological polar surface area (TPSA) is 73.5 Å². The molecular weight excluding hydrogens is 220 g/mol. The predicted octanol–water partition coefficient (Wildman–Crippen LogP) is -1.16. The second-order valence-corrected chi connectivity index (χ2v) is 4.89. The van der Waals surface area contributed by atoms with Crippen molar-refractivity contribution in [2.24, 2.45) is 5.92 Å². The molecule has 2 aliphatic heterocycles. The van der Waals surface area contributed by atoms with Crippen molar-refractivity contribution >= 4 is 11.8 Å². The normalized spacial score (nSPS) is 28.5. The Balaban J connectivity index is 1.73. The highest BCUT2D eigenvalue weighted by molar-refractivity contribution is 5.81. The van der Waals surface area contributed by atoms with Crippen molar-refractivity contribution in [2.45, 2.75) is 25.8 Å². The average molecular weight is 240 g/mol. The van der Waals surface area contributed by atoms with E-state index in [9.17, 15) is 9.59 Å². The quantitative estimate of drug-likeness (QED) is 0.532. The number of likely N-dealkylation sites (tertiary alicyclic amines) is 1. The maximum Gasteiger partial charge on any atom is 0.252 e. The van der Waals surface area contributed by atoms with Crippen molar-refractivity contribution in [1.29, 1.82) is 0 Å². The molecule has 0 bridgehead atoms. The molecule has 2 atom stereocenters. The molecule has 6 heteroatoms. The SMILES string of the molecule is CC(=O)NNC(=O)CN1CC2CCCNC2C1. The van der Waals surface area contributed by atoms with Crippen LogP contribution in [0.1, 0.15) is 19.8 Å². The van der Waals surface area contributed by atoms with E-state index in [0.717, 1.165) is 19.6 Å². The van der Waals surface area contributed by atoms with Crippen molar-refractivity contribution in [3.8, 4) is 0 Å². The van der Waals surface area contributed by atoms with Crippen molar-refractivity contribution < 1.29 is 9.59 Å². The predicted molar refractivity (Wildman–Crippen MR) is 62.9 cm³/mol. The van der Waals surface area contributed by atoms with Crippen LogP contribution in [0.2, 0.25) is 0 Å². The number of nitrogens with one attached hydrogen (secondary N) is 3. The van der Waals surface area contributed by atoms with Crippen LogP contribution in [-0.2, 0) is 9.59 Å². The number of hydrogen-bond donors (Lipinski definition) is 3. The van der Waals surface area contributed by atoms with Crippen LogP contribution in [0.3, 0.4) is 0 Å². The number of nitrogens with zero attached hydrogens (tertiary/aromatic N) is 1. The summed E-state index contributed by atoms with van der Waals surface area (Å²) < 4.78 is 0. The number of piperidine rings is 1. The fourth-order valence-electron chi connectivity index (χ4n) is 2.67. The molecule has 2 rings (SSSR count). The van der Waals surface area contributed by atoms with Gasteiger partial charge in [0.1, 0.15) is 0 Å². The van der Waals surface area contributed by atoms with Crippen LogP contribution in [0.5, 0.6) is 0 Å². The van der Waals surface area contributed by atoms with E-state index in [0.29, 0.717) is 18.5 Å².